The Kier molecular flexibility index (Phi) is 2.13. The molecule has 0 radical (unpaired) electrons. The van der Waals surface area contributed by atoms with Gasteiger partial charge in [0.25, 0.3) is 0 Å². The molecule has 2 aliphatic rings. The predicted octanol–water partition coefficient (Wildman–Crippen LogP) is 1.96. The van der Waals surface area contributed by atoms with Gasteiger partial charge < -0.3 is 9.47 Å². The van der Waals surface area contributed by atoms with Gasteiger partial charge in [0.1, 0.15) is 11.4 Å². The Labute approximate surface area is 89.4 Å². The van der Waals surface area contributed by atoms with Crippen LogP contribution in [-0.2, 0) is 11.2 Å². The van der Waals surface area contributed by atoms with Gasteiger partial charge in [0.2, 0.25) is 0 Å². The van der Waals surface area contributed by atoms with E-state index in [1.165, 1.54) is 0 Å². The van der Waals surface area contributed by atoms with Gasteiger partial charge in [-0.3, -0.25) is 4.98 Å². The van der Waals surface area contributed by atoms with Crippen molar-refractivity contribution < 1.29 is 9.47 Å². The summed E-state index contributed by atoms with van der Waals surface area (Å²) in [5, 5.41) is 0. The minimum Gasteiger partial charge on any atom is -0.485 e. The fourth-order valence-corrected chi connectivity index (χ4v) is 2.43. The van der Waals surface area contributed by atoms with E-state index in [1.54, 1.807) is 0 Å². The summed E-state index contributed by atoms with van der Waals surface area (Å²) in [5.74, 6) is 0.977. The molecule has 1 fully saturated rings. The number of aromatic nitrogens is 1. The average Bonchev–Trinajstić information content (AvgIpc) is 2.30. The average molecular weight is 205 g/mol. The number of pyridine rings is 1. The largest absolute Gasteiger partial charge is 0.485 e. The predicted molar refractivity (Wildman–Crippen MR) is 56.0 cm³/mol. The zero-order valence-electron chi connectivity index (χ0n) is 8.74. The molecule has 15 heavy (non-hydrogen) atoms. The van der Waals surface area contributed by atoms with E-state index < -0.39 is 0 Å². The molecule has 3 rings (SSSR count). The lowest BCUT2D eigenvalue weighted by Crippen LogP contribution is -2.44. The summed E-state index contributed by atoms with van der Waals surface area (Å²) in [6.45, 7) is 1.66. The van der Waals surface area contributed by atoms with E-state index in [4.69, 9.17) is 9.47 Å². The summed E-state index contributed by atoms with van der Waals surface area (Å²) in [6.07, 6.45) is 5.99. The Bertz CT molecular complexity index is 358. The molecule has 0 atom stereocenters. The maximum Gasteiger partial charge on any atom is 0.141 e. The molecule has 80 valence electrons. The molecular formula is C12H15NO2. The van der Waals surface area contributed by atoms with Gasteiger partial charge in [-0.15, -0.1) is 0 Å². The van der Waals surface area contributed by atoms with Gasteiger partial charge in [-0.1, -0.05) is 0 Å². The molecule has 3 nitrogen and oxygen atoms in total. The number of aryl methyl sites for hydroxylation is 1. The highest BCUT2D eigenvalue weighted by Crippen LogP contribution is 2.37. The van der Waals surface area contributed by atoms with Crippen LogP contribution in [0, 0.1) is 0 Å². The van der Waals surface area contributed by atoms with Crippen LogP contribution >= 0.6 is 0 Å². The smallest absolute Gasteiger partial charge is 0.141 e. The first-order valence-electron chi connectivity index (χ1n) is 5.59. The highest BCUT2D eigenvalue weighted by Gasteiger charge is 2.38. The van der Waals surface area contributed by atoms with Crippen molar-refractivity contribution in [3.63, 3.8) is 0 Å². The summed E-state index contributed by atoms with van der Waals surface area (Å²) in [5.41, 5.74) is 1.14. The van der Waals surface area contributed by atoms with Gasteiger partial charge in [0.05, 0.1) is 18.9 Å². The van der Waals surface area contributed by atoms with Crippen molar-refractivity contribution in [1.29, 1.82) is 0 Å². The van der Waals surface area contributed by atoms with Gasteiger partial charge in [0.15, 0.2) is 0 Å². The van der Waals surface area contributed by atoms with E-state index in [0.29, 0.717) is 0 Å². The van der Waals surface area contributed by atoms with Crippen LogP contribution in [0.15, 0.2) is 18.3 Å². The molecule has 1 aromatic rings. The van der Waals surface area contributed by atoms with E-state index in [-0.39, 0.29) is 5.60 Å². The molecule has 0 N–H and O–H groups in total. The van der Waals surface area contributed by atoms with E-state index in [2.05, 4.69) is 4.98 Å². The van der Waals surface area contributed by atoms with E-state index >= 15 is 0 Å². The number of nitrogens with zero attached hydrogens (tertiary/aromatic N) is 1. The molecule has 3 heteroatoms. The number of rotatable bonds is 0. The van der Waals surface area contributed by atoms with E-state index in [9.17, 15) is 0 Å². The maximum absolute atomic E-state index is 6.12. The van der Waals surface area contributed by atoms with Crippen LogP contribution in [0.3, 0.4) is 0 Å². The highest BCUT2D eigenvalue weighted by molar-refractivity contribution is 5.30. The van der Waals surface area contributed by atoms with E-state index in [0.717, 1.165) is 50.3 Å². The minimum atomic E-state index is 0.0360. The first-order valence-corrected chi connectivity index (χ1v) is 5.59. The van der Waals surface area contributed by atoms with Crippen molar-refractivity contribution in [2.45, 2.75) is 31.3 Å². The molecule has 0 unspecified atom stereocenters. The quantitative estimate of drug-likeness (QED) is 0.648. The summed E-state index contributed by atoms with van der Waals surface area (Å²) >= 11 is 0. The third-order valence-electron chi connectivity index (χ3n) is 3.40. The summed E-state index contributed by atoms with van der Waals surface area (Å²) < 4.78 is 11.5. The molecule has 3 heterocycles. The minimum absolute atomic E-state index is 0.0360. The van der Waals surface area contributed by atoms with Crippen LogP contribution in [-0.4, -0.2) is 23.8 Å². The van der Waals surface area contributed by atoms with Crippen LogP contribution in [0.2, 0.25) is 0 Å². The Morgan fingerprint density at radius 3 is 2.93 bits per heavy atom. The van der Waals surface area contributed by atoms with Crippen molar-refractivity contribution in [3.05, 3.63) is 24.0 Å². The normalized spacial score (nSPS) is 23.2. The molecule has 0 aromatic carbocycles. The van der Waals surface area contributed by atoms with Crippen LogP contribution in [0.5, 0.6) is 5.75 Å². The second-order valence-corrected chi connectivity index (χ2v) is 4.35. The van der Waals surface area contributed by atoms with Gasteiger partial charge in [0, 0.05) is 19.0 Å². The monoisotopic (exact) mass is 205 g/mol. The molecule has 1 aromatic heterocycles. The van der Waals surface area contributed by atoms with Crippen LogP contribution in [0.25, 0.3) is 0 Å². The molecule has 0 saturated carbocycles. The topological polar surface area (TPSA) is 31.4 Å². The Balaban J connectivity index is 1.87. The van der Waals surface area contributed by atoms with Crippen molar-refractivity contribution in [2.75, 3.05) is 13.2 Å². The summed E-state index contributed by atoms with van der Waals surface area (Å²) in [4.78, 5) is 4.34. The number of ether oxygens (including phenoxy) is 2. The Morgan fingerprint density at radius 1 is 1.20 bits per heavy atom. The lowest BCUT2D eigenvalue weighted by Gasteiger charge is -2.40. The number of hydrogen-bond donors (Lipinski definition) is 0. The molecule has 0 amide bonds. The second-order valence-electron chi connectivity index (χ2n) is 4.35. The van der Waals surface area contributed by atoms with Crippen molar-refractivity contribution in [3.8, 4) is 5.75 Å². The lowest BCUT2D eigenvalue weighted by molar-refractivity contribution is -0.0576. The van der Waals surface area contributed by atoms with Crippen LogP contribution < -0.4 is 4.74 Å². The lowest BCUT2D eigenvalue weighted by atomic mass is 9.86. The van der Waals surface area contributed by atoms with Gasteiger partial charge in [-0.2, -0.15) is 0 Å². The third-order valence-corrected chi connectivity index (χ3v) is 3.40. The Hall–Kier alpha value is -1.09. The van der Waals surface area contributed by atoms with Crippen molar-refractivity contribution in [1.82, 2.24) is 4.98 Å². The SMILES string of the molecule is c1cnc2c(c1)OC1(CCOCC1)CC2. The fraction of sp³-hybridized carbons (Fsp3) is 0.583. The van der Waals surface area contributed by atoms with Crippen molar-refractivity contribution >= 4 is 0 Å². The molecule has 2 aliphatic heterocycles. The second kappa shape index (κ2) is 3.49. The molecule has 0 bridgehead atoms. The summed E-state index contributed by atoms with van der Waals surface area (Å²) in [7, 11) is 0. The standard InChI is InChI=1S/C12H15NO2/c1-2-11-10(13-7-1)3-4-12(15-11)5-8-14-9-6-12/h1-2,7H,3-6,8-9H2. The highest BCUT2D eigenvalue weighted by atomic mass is 16.5. The fourth-order valence-electron chi connectivity index (χ4n) is 2.43. The molecule has 1 spiro atoms. The Morgan fingerprint density at radius 2 is 2.07 bits per heavy atom. The molecule has 0 aliphatic carbocycles. The first kappa shape index (κ1) is 9.16. The van der Waals surface area contributed by atoms with Gasteiger partial charge in [-0.25, -0.2) is 0 Å². The molecular weight excluding hydrogens is 190 g/mol. The van der Waals surface area contributed by atoms with Gasteiger partial charge >= 0.3 is 0 Å². The van der Waals surface area contributed by atoms with Crippen molar-refractivity contribution in [2.24, 2.45) is 0 Å². The summed E-state index contributed by atoms with van der Waals surface area (Å²) in [6, 6.07) is 3.97. The molecule has 1 saturated heterocycles. The zero-order valence-corrected chi connectivity index (χ0v) is 8.74. The van der Waals surface area contributed by atoms with Crippen LogP contribution in [0.1, 0.15) is 25.0 Å². The van der Waals surface area contributed by atoms with Crippen LogP contribution in [0.4, 0.5) is 0 Å². The van der Waals surface area contributed by atoms with Gasteiger partial charge in [-0.05, 0) is 25.0 Å². The zero-order chi connectivity index (χ0) is 10.1. The number of hydrogen-bond acceptors (Lipinski definition) is 3. The van der Waals surface area contributed by atoms with E-state index in [1.807, 2.05) is 18.3 Å². The third kappa shape index (κ3) is 1.61. The number of fused-ring (bicyclic) bond motifs is 1. The first-order chi connectivity index (χ1) is 7.38. The maximum atomic E-state index is 6.12.